The third-order valence-electron chi connectivity index (χ3n) is 2.12. The first-order valence-corrected chi connectivity index (χ1v) is 4.97. The summed E-state index contributed by atoms with van der Waals surface area (Å²) in [4.78, 5) is 0. The second-order valence-corrected chi connectivity index (χ2v) is 3.26. The number of aryl methyl sites for hydroxylation is 1. The van der Waals surface area contributed by atoms with Crippen molar-refractivity contribution in [1.29, 1.82) is 0 Å². The Bertz CT molecular complexity index is 256. The summed E-state index contributed by atoms with van der Waals surface area (Å²) in [5, 5.41) is 15.0. The number of aliphatic hydroxyl groups is 1. The molecule has 6 heteroatoms. The molecule has 0 aliphatic rings. The van der Waals surface area contributed by atoms with E-state index < -0.39 is 0 Å². The maximum absolute atomic E-state index is 8.52. The first kappa shape index (κ1) is 18.1. The van der Waals surface area contributed by atoms with Crippen LogP contribution in [0.15, 0.2) is 18.3 Å². The quantitative estimate of drug-likeness (QED) is 0.634. The summed E-state index contributed by atoms with van der Waals surface area (Å²) in [5.41, 5.74) is 1.28. The molecule has 0 aliphatic heterocycles. The summed E-state index contributed by atoms with van der Waals surface area (Å²) in [5.74, 6) is 0. The first-order valence-electron chi connectivity index (χ1n) is 4.97. The zero-order valence-electron chi connectivity index (χ0n) is 9.48. The van der Waals surface area contributed by atoms with Crippen LogP contribution in [0.25, 0.3) is 0 Å². The van der Waals surface area contributed by atoms with Crippen molar-refractivity contribution in [3.8, 4) is 0 Å². The molecule has 1 rings (SSSR count). The molecule has 0 aromatic carbocycles. The molecule has 0 amide bonds. The number of rotatable bonds is 7. The number of aromatic nitrogens is 1. The zero-order chi connectivity index (χ0) is 10.2. The minimum atomic E-state index is 0. The van der Waals surface area contributed by atoms with Crippen molar-refractivity contribution in [3.63, 3.8) is 0 Å². The lowest BCUT2D eigenvalue weighted by atomic mass is 10.4. The number of halogens is 2. The molecule has 0 saturated carbocycles. The van der Waals surface area contributed by atoms with Gasteiger partial charge in [0.1, 0.15) is 0 Å². The molecular weight excluding hydrogens is 249 g/mol. The first-order chi connectivity index (χ1) is 6.84. The average Bonchev–Trinajstić information content (AvgIpc) is 2.58. The average molecular weight is 270 g/mol. The van der Waals surface area contributed by atoms with Crippen LogP contribution in [0.1, 0.15) is 5.69 Å². The highest BCUT2D eigenvalue weighted by atomic mass is 35.5. The summed E-state index contributed by atoms with van der Waals surface area (Å²) in [7, 11) is 2.04. The van der Waals surface area contributed by atoms with Gasteiger partial charge in [0.05, 0.1) is 6.61 Å². The molecule has 1 aromatic heterocycles. The van der Waals surface area contributed by atoms with Gasteiger partial charge in [0.2, 0.25) is 0 Å². The van der Waals surface area contributed by atoms with Gasteiger partial charge in [-0.1, -0.05) is 0 Å². The fourth-order valence-corrected chi connectivity index (χ4v) is 1.28. The van der Waals surface area contributed by atoms with Crippen molar-refractivity contribution in [3.05, 3.63) is 24.0 Å². The third-order valence-corrected chi connectivity index (χ3v) is 2.12. The van der Waals surface area contributed by atoms with Crippen LogP contribution in [0.2, 0.25) is 0 Å². The smallest absolute Gasteiger partial charge is 0.0555 e. The van der Waals surface area contributed by atoms with Gasteiger partial charge in [-0.05, 0) is 12.1 Å². The zero-order valence-corrected chi connectivity index (χ0v) is 11.1. The minimum Gasteiger partial charge on any atom is -0.395 e. The topological polar surface area (TPSA) is 49.2 Å². The van der Waals surface area contributed by atoms with E-state index in [-0.39, 0.29) is 31.4 Å². The van der Waals surface area contributed by atoms with Gasteiger partial charge in [-0.15, -0.1) is 24.8 Å². The van der Waals surface area contributed by atoms with E-state index >= 15 is 0 Å². The van der Waals surface area contributed by atoms with Gasteiger partial charge in [0.25, 0.3) is 0 Å². The van der Waals surface area contributed by atoms with Crippen molar-refractivity contribution in [2.45, 2.75) is 6.54 Å². The predicted molar refractivity (Wildman–Crippen MR) is 71.6 cm³/mol. The van der Waals surface area contributed by atoms with E-state index in [1.165, 1.54) is 5.69 Å². The molecule has 0 atom stereocenters. The number of nitrogens with one attached hydrogen (secondary N) is 2. The molecule has 16 heavy (non-hydrogen) atoms. The summed E-state index contributed by atoms with van der Waals surface area (Å²) in [6, 6.07) is 4.15. The van der Waals surface area contributed by atoms with Crippen LogP contribution in [-0.4, -0.2) is 35.9 Å². The van der Waals surface area contributed by atoms with Crippen LogP contribution in [0.4, 0.5) is 0 Å². The number of hydrogen-bond acceptors (Lipinski definition) is 3. The Morgan fingerprint density at radius 3 is 2.44 bits per heavy atom. The van der Waals surface area contributed by atoms with Crippen molar-refractivity contribution in [2.24, 2.45) is 7.05 Å². The number of hydrogen-bond donors (Lipinski definition) is 3. The highest BCUT2D eigenvalue weighted by Gasteiger charge is 1.94. The van der Waals surface area contributed by atoms with E-state index in [2.05, 4.69) is 21.3 Å². The highest BCUT2D eigenvalue weighted by molar-refractivity contribution is 5.85. The van der Waals surface area contributed by atoms with Gasteiger partial charge >= 0.3 is 0 Å². The maximum atomic E-state index is 8.52. The standard InChI is InChI=1S/C10H19N3O.2ClH/c1-13-7-2-3-10(13)9-12-5-4-11-6-8-14;;/h2-3,7,11-12,14H,4-6,8-9H2,1H3;2*1H. The molecule has 0 saturated heterocycles. The Morgan fingerprint density at radius 1 is 1.19 bits per heavy atom. The van der Waals surface area contributed by atoms with E-state index in [9.17, 15) is 0 Å². The summed E-state index contributed by atoms with van der Waals surface area (Å²) in [6.07, 6.45) is 2.04. The van der Waals surface area contributed by atoms with E-state index in [4.69, 9.17) is 5.11 Å². The molecule has 0 aliphatic carbocycles. The number of aliphatic hydroxyl groups excluding tert-OH is 1. The Labute approximate surface area is 109 Å². The van der Waals surface area contributed by atoms with Crippen molar-refractivity contribution < 1.29 is 5.11 Å². The van der Waals surface area contributed by atoms with Gasteiger partial charge in [0, 0.05) is 45.1 Å². The summed E-state index contributed by atoms with van der Waals surface area (Å²) < 4.78 is 2.11. The Kier molecular flexibility index (Phi) is 12.7. The highest BCUT2D eigenvalue weighted by Crippen LogP contribution is 1.97. The predicted octanol–water partition coefficient (Wildman–Crippen LogP) is 0.540. The van der Waals surface area contributed by atoms with E-state index in [0.29, 0.717) is 6.54 Å². The molecular formula is C10H21Cl2N3O. The molecule has 0 unspecified atom stereocenters. The monoisotopic (exact) mass is 269 g/mol. The van der Waals surface area contributed by atoms with Crippen molar-refractivity contribution in [2.75, 3.05) is 26.2 Å². The fourth-order valence-electron chi connectivity index (χ4n) is 1.28. The second kappa shape index (κ2) is 11.2. The van der Waals surface area contributed by atoms with Crippen LogP contribution in [0, 0.1) is 0 Å². The lowest BCUT2D eigenvalue weighted by molar-refractivity contribution is 0.292. The third kappa shape index (κ3) is 7.09. The molecule has 3 N–H and O–H groups in total. The van der Waals surface area contributed by atoms with E-state index in [1.807, 2.05) is 19.3 Å². The molecule has 1 aromatic rings. The molecule has 96 valence electrons. The van der Waals surface area contributed by atoms with Crippen LogP contribution >= 0.6 is 24.8 Å². The Morgan fingerprint density at radius 2 is 1.88 bits per heavy atom. The van der Waals surface area contributed by atoms with E-state index in [0.717, 1.165) is 19.6 Å². The lowest BCUT2D eigenvalue weighted by Crippen LogP contribution is -2.29. The fraction of sp³-hybridized carbons (Fsp3) is 0.600. The van der Waals surface area contributed by atoms with Crippen LogP contribution in [0.3, 0.4) is 0 Å². The van der Waals surface area contributed by atoms with Gasteiger partial charge in [-0.3, -0.25) is 0 Å². The van der Waals surface area contributed by atoms with Gasteiger partial charge in [0.15, 0.2) is 0 Å². The number of nitrogens with zero attached hydrogens (tertiary/aromatic N) is 1. The normalized spacial score (nSPS) is 9.38. The van der Waals surface area contributed by atoms with Gasteiger partial charge in [-0.25, -0.2) is 0 Å². The van der Waals surface area contributed by atoms with Crippen LogP contribution < -0.4 is 10.6 Å². The van der Waals surface area contributed by atoms with Gasteiger partial charge < -0.3 is 20.3 Å². The van der Waals surface area contributed by atoms with Crippen LogP contribution in [0.5, 0.6) is 0 Å². The molecule has 0 fully saturated rings. The lowest BCUT2D eigenvalue weighted by Gasteiger charge is -2.06. The van der Waals surface area contributed by atoms with Crippen molar-refractivity contribution in [1.82, 2.24) is 15.2 Å². The maximum Gasteiger partial charge on any atom is 0.0555 e. The largest absolute Gasteiger partial charge is 0.395 e. The summed E-state index contributed by atoms with van der Waals surface area (Å²) >= 11 is 0. The van der Waals surface area contributed by atoms with Crippen molar-refractivity contribution >= 4 is 24.8 Å². The minimum absolute atomic E-state index is 0. The molecule has 1 heterocycles. The van der Waals surface area contributed by atoms with Gasteiger partial charge in [-0.2, -0.15) is 0 Å². The Balaban J connectivity index is 0. The summed E-state index contributed by atoms with van der Waals surface area (Å²) in [6.45, 7) is 3.59. The van der Waals surface area contributed by atoms with Crippen LogP contribution in [-0.2, 0) is 13.6 Å². The molecule has 0 radical (unpaired) electrons. The molecule has 0 spiro atoms. The van der Waals surface area contributed by atoms with E-state index in [1.54, 1.807) is 0 Å². The molecule has 0 bridgehead atoms. The molecule has 4 nitrogen and oxygen atoms in total. The second-order valence-electron chi connectivity index (χ2n) is 3.26. The Hall–Kier alpha value is -0.260. The SMILES string of the molecule is Cl.Cl.Cn1cccc1CNCCNCCO.